The van der Waals surface area contributed by atoms with Gasteiger partial charge >= 0.3 is 0 Å². The number of benzene rings is 12. The molecule has 0 unspecified atom stereocenters. The van der Waals surface area contributed by atoms with E-state index in [9.17, 15) is 0 Å². The molecular formula is C72H45NOS. The van der Waals surface area contributed by atoms with Crippen LogP contribution in [0.3, 0.4) is 0 Å². The molecule has 0 atom stereocenters. The Balaban J connectivity index is 1.00. The second-order valence-electron chi connectivity index (χ2n) is 20.2. The molecule has 75 heavy (non-hydrogen) atoms. The molecule has 0 bridgehead atoms. The van der Waals surface area contributed by atoms with Crippen LogP contribution in [-0.4, -0.2) is 0 Å². The molecule has 0 saturated heterocycles. The van der Waals surface area contributed by atoms with Gasteiger partial charge in [0.25, 0.3) is 0 Å². The summed E-state index contributed by atoms with van der Waals surface area (Å²) >= 11 is 1.89. The van der Waals surface area contributed by atoms with Crippen molar-refractivity contribution in [3.63, 3.8) is 0 Å². The molecule has 12 aromatic rings. The number of nitrogens with zero attached hydrogens (tertiary/aromatic N) is 1. The highest BCUT2D eigenvalue weighted by molar-refractivity contribution is 7.99. The van der Waals surface area contributed by atoms with Crippen molar-refractivity contribution in [3.05, 3.63) is 317 Å². The van der Waals surface area contributed by atoms with Gasteiger partial charge in [-0.05, 0) is 126 Å². The minimum absolute atomic E-state index is 0.530. The van der Waals surface area contributed by atoms with Crippen molar-refractivity contribution in [1.82, 2.24) is 0 Å². The Bertz CT molecular complexity index is 4230. The van der Waals surface area contributed by atoms with Gasteiger partial charge in [0.05, 0.1) is 22.2 Å². The Morgan fingerprint density at radius 2 is 0.813 bits per heavy atom. The maximum Gasteiger partial charge on any atom is 0.132 e. The quantitative estimate of drug-likeness (QED) is 0.171. The zero-order valence-corrected chi connectivity index (χ0v) is 41.6. The molecule has 0 N–H and O–H groups in total. The largest absolute Gasteiger partial charge is 0.457 e. The molecular weight excluding hydrogens is 927 g/mol. The lowest BCUT2D eigenvalue weighted by Gasteiger charge is -2.40. The van der Waals surface area contributed by atoms with Gasteiger partial charge in [0.1, 0.15) is 11.5 Å². The first-order valence-electron chi connectivity index (χ1n) is 25.9. The van der Waals surface area contributed by atoms with E-state index in [1.807, 2.05) is 11.8 Å². The smallest absolute Gasteiger partial charge is 0.132 e. The van der Waals surface area contributed by atoms with Crippen molar-refractivity contribution in [3.8, 4) is 56.0 Å². The lowest BCUT2D eigenvalue weighted by Crippen LogP contribution is -2.32. The third-order valence-electron chi connectivity index (χ3n) is 16.6. The Labute approximate surface area is 440 Å². The second-order valence-corrected chi connectivity index (χ2v) is 21.3. The van der Waals surface area contributed by atoms with Crippen molar-refractivity contribution < 1.29 is 4.74 Å². The van der Waals surface area contributed by atoms with Gasteiger partial charge < -0.3 is 9.64 Å². The summed E-state index contributed by atoms with van der Waals surface area (Å²) in [5.74, 6) is 1.77. The van der Waals surface area contributed by atoms with Crippen molar-refractivity contribution in [1.29, 1.82) is 0 Å². The fourth-order valence-electron chi connectivity index (χ4n) is 13.7. The van der Waals surface area contributed by atoms with Crippen molar-refractivity contribution in [2.45, 2.75) is 20.6 Å². The molecule has 2 nitrogen and oxygen atoms in total. The Morgan fingerprint density at radius 3 is 1.56 bits per heavy atom. The zero-order valence-electron chi connectivity index (χ0n) is 40.7. The lowest BCUT2D eigenvalue weighted by molar-refractivity contribution is 0.436. The average Bonchev–Trinajstić information content (AvgIpc) is 3.95. The fraction of sp³-hybridized carbons (Fsp3) is 0.0278. The van der Waals surface area contributed by atoms with Crippen molar-refractivity contribution >= 4 is 39.6 Å². The fourth-order valence-corrected chi connectivity index (χ4v) is 14.9. The van der Waals surface area contributed by atoms with E-state index in [0.29, 0.717) is 0 Å². The standard InChI is InChI=1S/C72H45NOS/c1-2-19-46(20-3-1)47-37-39-49(40-38-47)51-22-7-13-31-63(51)73(64-32-18-30-61-70(64)53-24-6-8-25-55(53)71(61)57-26-9-14-33-65(57)74-66-34-15-10-27-58(66)71)50-42-44-56-54(45-50)69-52-23-5-4-21-48(52)41-43-62(69)72(56)59-28-11-16-35-67(59)75-68-36-17-12-29-60(68)72/h1-45H. The van der Waals surface area contributed by atoms with Crippen LogP contribution in [0.5, 0.6) is 11.5 Å². The number of para-hydroxylation sites is 3. The van der Waals surface area contributed by atoms with Gasteiger partial charge in [-0.25, -0.2) is 0 Å². The Kier molecular flexibility index (Phi) is 9.14. The third-order valence-corrected chi connectivity index (χ3v) is 17.8. The van der Waals surface area contributed by atoms with E-state index in [-0.39, 0.29) is 0 Å². The van der Waals surface area contributed by atoms with Crippen LogP contribution in [0.15, 0.2) is 283 Å². The number of hydrogen-bond donors (Lipinski definition) is 0. The average molecular weight is 972 g/mol. The molecule has 2 heterocycles. The van der Waals surface area contributed by atoms with Gasteiger partial charge in [-0.1, -0.05) is 236 Å². The first-order chi connectivity index (χ1) is 37.2. The summed E-state index contributed by atoms with van der Waals surface area (Å²) in [4.78, 5) is 5.16. The molecule has 3 heteroatoms. The molecule has 0 aromatic heterocycles. The van der Waals surface area contributed by atoms with Crippen LogP contribution < -0.4 is 9.64 Å². The van der Waals surface area contributed by atoms with E-state index in [0.717, 1.165) is 50.8 Å². The number of hydrogen-bond acceptors (Lipinski definition) is 3. The summed E-state index contributed by atoms with van der Waals surface area (Å²) in [6.45, 7) is 0. The van der Waals surface area contributed by atoms with Crippen LogP contribution in [0.4, 0.5) is 17.1 Å². The van der Waals surface area contributed by atoms with Crippen LogP contribution in [-0.2, 0) is 10.8 Å². The number of ether oxygens (including phenoxy) is 1. The Morgan fingerprint density at radius 1 is 0.307 bits per heavy atom. The highest BCUT2D eigenvalue weighted by Crippen LogP contribution is 2.66. The van der Waals surface area contributed by atoms with Crippen molar-refractivity contribution in [2.75, 3.05) is 4.90 Å². The minimum Gasteiger partial charge on any atom is -0.457 e. The molecule has 0 amide bonds. The van der Waals surface area contributed by atoms with Gasteiger partial charge in [-0.3, -0.25) is 0 Å². The third kappa shape index (κ3) is 5.82. The molecule has 0 fully saturated rings. The maximum absolute atomic E-state index is 6.79. The predicted molar refractivity (Wildman–Crippen MR) is 308 cm³/mol. The highest BCUT2D eigenvalue weighted by Gasteiger charge is 2.53. The normalized spacial score (nSPS) is 14.1. The van der Waals surface area contributed by atoms with E-state index in [2.05, 4.69) is 278 Å². The topological polar surface area (TPSA) is 12.5 Å². The molecule has 0 saturated carbocycles. The SMILES string of the molecule is c1ccc(-c2ccc(-c3ccccc3N(c3ccc4c(c3)-c3c(ccc5ccccc35)C43c4ccccc4Sc4ccccc43)c3cccc4c3-c3ccccc3C43c4ccccc4Oc4ccccc43)cc2)cc1. The van der Waals surface area contributed by atoms with Crippen LogP contribution in [0, 0.1) is 0 Å². The first kappa shape index (κ1) is 42.4. The second kappa shape index (κ2) is 16.2. The summed E-state index contributed by atoms with van der Waals surface area (Å²) in [5.41, 5.74) is 21.9. The van der Waals surface area contributed by atoms with Crippen molar-refractivity contribution in [2.24, 2.45) is 0 Å². The lowest BCUT2D eigenvalue weighted by atomic mass is 9.66. The van der Waals surface area contributed by atoms with E-state index >= 15 is 0 Å². The highest BCUT2D eigenvalue weighted by atomic mass is 32.2. The molecule has 2 spiro atoms. The molecule has 12 aromatic carbocycles. The zero-order chi connectivity index (χ0) is 49.2. The summed E-state index contributed by atoms with van der Waals surface area (Å²) in [6, 6.07) is 102. The van der Waals surface area contributed by atoms with Gasteiger partial charge in [-0.2, -0.15) is 0 Å². The van der Waals surface area contributed by atoms with Crippen LogP contribution >= 0.6 is 11.8 Å². The van der Waals surface area contributed by atoms with Crippen LogP contribution in [0.2, 0.25) is 0 Å². The maximum atomic E-state index is 6.79. The van der Waals surface area contributed by atoms with Gasteiger partial charge in [0, 0.05) is 37.7 Å². The minimum atomic E-state index is -0.631. The first-order valence-corrected chi connectivity index (χ1v) is 26.7. The predicted octanol–water partition coefficient (Wildman–Crippen LogP) is 18.9. The van der Waals surface area contributed by atoms with Crippen LogP contribution in [0.25, 0.3) is 55.3 Å². The number of fused-ring (bicyclic) bond motifs is 20. The molecule has 4 aliphatic rings. The molecule has 2 aliphatic heterocycles. The monoisotopic (exact) mass is 971 g/mol. The number of anilines is 3. The van der Waals surface area contributed by atoms with E-state index < -0.39 is 10.8 Å². The molecule has 350 valence electrons. The van der Waals surface area contributed by atoms with Crippen LogP contribution in [0.1, 0.15) is 44.5 Å². The molecule has 2 aliphatic carbocycles. The Hall–Kier alpha value is -9.15. The van der Waals surface area contributed by atoms with E-state index in [1.54, 1.807) is 0 Å². The molecule has 0 radical (unpaired) electrons. The van der Waals surface area contributed by atoms with Gasteiger partial charge in [-0.15, -0.1) is 0 Å². The number of rotatable bonds is 5. The molecule has 16 rings (SSSR count). The van der Waals surface area contributed by atoms with Gasteiger partial charge in [0.2, 0.25) is 0 Å². The summed E-state index contributed by atoms with van der Waals surface area (Å²) in [7, 11) is 0. The summed E-state index contributed by atoms with van der Waals surface area (Å²) in [6.07, 6.45) is 0. The van der Waals surface area contributed by atoms with E-state index in [1.165, 1.54) is 87.3 Å². The summed E-state index contributed by atoms with van der Waals surface area (Å²) < 4.78 is 6.79. The summed E-state index contributed by atoms with van der Waals surface area (Å²) in [5, 5.41) is 2.50. The van der Waals surface area contributed by atoms with E-state index in [4.69, 9.17) is 4.74 Å². The van der Waals surface area contributed by atoms with Gasteiger partial charge in [0.15, 0.2) is 0 Å².